The molecule has 1 atom stereocenters. The Labute approximate surface area is 247 Å². The average Bonchev–Trinajstić information content (AvgIpc) is 2.99. The van der Waals surface area contributed by atoms with Crippen molar-refractivity contribution in [2.75, 3.05) is 53.5 Å². The Balaban J connectivity index is 1.47. The molecule has 0 saturated carbocycles. The summed E-state index contributed by atoms with van der Waals surface area (Å²) < 4.78 is 68.9. The van der Waals surface area contributed by atoms with Crippen molar-refractivity contribution in [3.05, 3.63) is 67.0 Å². The molecule has 2 N–H and O–H groups in total. The number of benzene rings is 2. The summed E-state index contributed by atoms with van der Waals surface area (Å²) in [5.41, 5.74) is 1.09. The van der Waals surface area contributed by atoms with Crippen molar-refractivity contribution in [2.24, 2.45) is 5.41 Å². The van der Waals surface area contributed by atoms with E-state index >= 15 is 0 Å². The number of ether oxygens (including phenoxy) is 2. The molecule has 0 amide bonds. The van der Waals surface area contributed by atoms with Gasteiger partial charge in [-0.1, -0.05) is 18.2 Å². The minimum atomic E-state index is -4.00. The van der Waals surface area contributed by atoms with E-state index < -0.39 is 31.6 Å². The first-order valence-electron chi connectivity index (χ1n) is 13.7. The van der Waals surface area contributed by atoms with E-state index in [1.54, 1.807) is 25.3 Å². The summed E-state index contributed by atoms with van der Waals surface area (Å²) in [6.45, 7) is 1.32. The maximum absolute atomic E-state index is 13.3. The number of hydrogen-bond acceptors (Lipinski definition) is 9. The molecule has 1 fully saturated rings. The van der Waals surface area contributed by atoms with Crippen LogP contribution in [0, 0.1) is 5.41 Å². The van der Waals surface area contributed by atoms with E-state index in [1.165, 1.54) is 28.8 Å². The smallest absolute Gasteiger partial charge is 0.244 e. The van der Waals surface area contributed by atoms with Gasteiger partial charge in [0.1, 0.15) is 21.3 Å². The summed E-state index contributed by atoms with van der Waals surface area (Å²) in [6, 6.07) is 15.5. The highest BCUT2D eigenvalue weighted by molar-refractivity contribution is 7.89. The number of pyridine rings is 1. The number of aliphatic hydroxyl groups excluding tert-OH is 1. The van der Waals surface area contributed by atoms with Crippen molar-refractivity contribution < 1.29 is 31.4 Å². The third-order valence-corrected chi connectivity index (χ3v) is 11.2. The first-order valence-corrected chi connectivity index (χ1v) is 16.6. The number of sulfonamides is 2. The number of rotatable bonds is 4. The zero-order chi connectivity index (χ0) is 30.0. The molecule has 226 valence electrons. The van der Waals surface area contributed by atoms with Crippen LogP contribution >= 0.6 is 0 Å². The van der Waals surface area contributed by atoms with Crippen LogP contribution in [0.25, 0.3) is 11.1 Å². The Morgan fingerprint density at radius 2 is 1.86 bits per heavy atom. The molecule has 2 aliphatic heterocycles. The molecule has 0 radical (unpaired) electrons. The third-order valence-electron chi connectivity index (χ3n) is 7.86. The van der Waals surface area contributed by atoms with Crippen LogP contribution in [0.2, 0.25) is 0 Å². The number of β-amino-alcohol motifs (C(OH)–C–C–N with tert-alkyl or cyclic N) is 1. The van der Waals surface area contributed by atoms with Gasteiger partial charge in [0.25, 0.3) is 0 Å². The second kappa shape index (κ2) is 12.3. The number of aromatic nitrogens is 1. The van der Waals surface area contributed by atoms with Crippen LogP contribution in [0.3, 0.4) is 0 Å². The van der Waals surface area contributed by atoms with Gasteiger partial charge >= 0.3 is 0 Å². The van der Waals surface area contributed by atoms with Crippen molar-refractivity contribution >= 4 is 20.0 Å². The molecule has 1 saturated heterocycles. The molecule has 42 heavy (non-hydrogen) atoms. The molecule has 1 spiro atoms. The van der Waals surface area contributed by atoms with E-state index in [0.29, 0.717) is 25.1 Å². The van der Waals surface area contributed by atoms with Gasteiger partial charge in [-0.05, 0) is 67.4 Å². The number of methoxy groups -OCH3 is 1. The van der Waals surface area contributed by atoms with E-state index in [9.17, 15) is 21.9 Å². The molecule has 1 unspecified atom stereocenters. The monoisotopic (exact) mass is 616 g/mol. The van der Waals surface area contributed by atoms with Crippen LogP contribution in [0.5, 0.6) is 11.5 Å². The molecular weight excluding hydrogens is 580 g/mol. The average molecular weight is 617 g/mol. The molecule has 2 aliphatic rings. The standard InChI is InChI=1S/C29H36N4O7S2/c1-32-19-24(34)17-31-41(35,36)28-9-8-23(22-5-3-6-25(15-22)39-2)16-27(28)40-21-29(20-32)10-13-33(14-11-29)42(37,38)26-7-4-12-30-18-26/h3-9,12,15-16,18,24,31,34H,10-11,13-14,17,19-21H2,1-2H3. The first kappa shape index (κ1) is 30.4. The number of hydrogen-bond donors (Lipinski definition) is 2. The van der Waals surface area contributed by atoms with Crippen LogP contribution in [0.15, 0.2) is 76.8 Å². The fourth-order valence-electron chi connectivity index (χ4n) is 5.60. The van der Waals surface area contributed by atoms with Crippen LogP contribution < -0.4 is 14.2 Å². The maximum Gasteiger partial charge on any atom is 0.244 e. The van der Waals surface area contributed by atoms with Gasteiger partial charge in [0.05, 0.1) is 19.8 Å². The lowest BCUT2D eigenvalue weighted by molar-refractivity contribution is 0.0318. The lowest BCUT2D eigenvalue weighted by Gasteiger charge is -2.43. The van der Waals surface area contributed by atoms with Crippen molar-refractivity contribution in [3.8, 4) is 22.6 Å². The number of piperidine rings is 1. The molecule has 3 heterocycles. The van der Waals surface area contributed by atoms with E-state index in [2.05, 4.69) is 9.71 Å². The fourth-order valence-corrected chi connectivity index (χ4v) is 8.20. The van der Waals surface area contributed by atoms with Gasteiger partial charge in [-0.3, -0.25) is 4.98 Å². The summed E-state index contributed by atoms with van der Waals surface area (Å²) in [6.07, 6.45) is 2.92. The van der Waals surface area contributed by atoms with Crippen molar-refractivity contribution in [1.29, 1.82) is 0 Å². The van der Waals surface area contributed by atoms with Gasteiger partial charge in [-0.2, -0.15) is 4.31 Å². The summed E-state index contributed by atoms with van der Waals surface area (Å²) in [4.78, 5) is 6.03. The predicted octanol–water partition coefficient (Wildman–Crippen LogP) is 2.19. The van der Waals surface area contributed by atoms with E-state index in [4.69, 9.17) is 9.47 Å². The van der Waals surface area contributed by atoms with Gasteiger partial charge < -0.3 is 19.5 Å². The van der Waals surface area contributed by atoms with Gasteiger partial charge in [0.2, 0.25) is 20.0 Å². The molecule has 3 aromatic rings. The number of fused-ring (bicyclic) bond motifs is 1. The Bertz CT molecular complexity index is 1610. The number of aliphatic hydroxyl groups is 1. The van der Waals surface area contributed by atoms with Gasteiger partial charge in [0, 0.05) is 50.5 Å². The van der Waals surface area contributed by atoms with Gasteiger partial charge in [-0.15, -0.1) is 0 Å². The van der Waals surface area contributed by atoms with Crippen molar-refractivity contribution in [3.63, 3.8) is 0 Å². The van der Waals surface area contributed by atoms with Crippen LogP contribution in [0.4, 0.5) is 0 Å². The molecule has 13 heteroatoms. The fraction of sp³-hybridized carbons (Fsp3) is 0.414. The molecule has 11 nitrogen and oxygen atoms in total. The summed E-state index contributed by atoms with van der Waals surface area (Å²) >= 11 is 0. The highest BCUT2D eigenvalue weighted by atomic mass is 32.2. The SMILES string of the molecule is COc1cccc(-c2ccc3c(c2)OCC2(CCN(S(=O)(=O)c4cccnc4)CC2)CN(C)CC(O)CNS3(=O)=O)c1. The zero-order valence-electron chi connectivity index (χ0n) is 23.6. The normalized spacial score (nSPS) is 21.8. The highest BCUT2D eigenvalue weighted by Crippen LogP contribution is 2.38. The second-order valence-electron chi connectivity index (χ2n) is 11.0. The van der Waals surface area contributed by atoms with E-state index in [-0.39, 0.29) is 48.3 Å². The second-order valence-corrected chi connectivity index (χ2v) is 14.7. The number of nitrogens with zero attached hydrogens (tertiary/aromatic N) is 3. The number of nitrogens with one attached hydrogen (secondary N) is 1. The largest absolute Gasteiger partial charge is 0.497 e. The minimum absolute atomic E-state index is 0.0259. The maximum atomic E-state index is 13.3. The summed E-state index contributed by atoms with van der Waals surface area (Å²) in [5, 5.41) is 10.6. The van der Waals surface area contributed by atoms with E-state index in [1.807, 2.05) is 36.2 Å². The van der Waals surface area contributed by atoms with Crippen molar-refractivity contribution in [2.45, 2.75) is 28.7 Å². The molecular formula is C29H36N4O7S2. The Morgan fingerprint density at radius 1 is 1.10 bits per heavy atom. The lowest BCUT2D eigenvalue weighted by atomic mass is 9.79. The van der Waals surface area contributed by atoms with Crippen LogP contribution in [0.1, 0.15) is 12.8 Å². The molecule has 0 aliphatic carbocycles. The third kappa shape index (κ3) is 6.61. The van der Waals surface area contributed by atoms with Gasteiger partial charge in [0.15, 0.2) is 0 Å². The van der Waals surface area contributed by atoms with Crippen molar-refractivity contribution in [1.82, 2.24) is 18.9 Å². The van der Waals surface area contributed by atoms with Crippen LogP contribution in [-0.4, -0.2) is 95.7 Å². The van der Waals surface area contributed by atoms with Gasteiger partial charge in [-0.25, -0.2) is 21.6 Å². The summed E-state index contributed by atoms with van der Waals surface area (Å²) in [5.74, 6) is 0.852. The minimum Gasteiger partial charge on any atom is -0.497 e. The highest BCUT2D eigenvalue weighted by Gasteiger charge is 2.41. The Morgan fingerprint density at radius 3 is 2.57 bits per heavy atom. The quantitative estimate of drug-likeness (QED) is 0.452. The van der Waals surface area contributed by atoms with E-state index in [0.717, 1.165) is 11.1 Å². The molecule has 0 bridgehead atoms. The van der Waals surface area contributed by atoms with Crippen LogP contribution in [-0.2, 0) is 20.0 Å². The zero-order valence-corrected chi connectivity index (χ0v) is 25.3. The molecule has 5 rings (SSSR count). The lowest BCUT2D eigenvalue weighted by Crippen LogP contribution is -2.51. The molecule has 1 aromatic heterocycles. The topological polar surface area (TPSA) is 138 Å². The Hall–Kier alpha value is -3.07. The summed E-state index contributed by atoms with van der Waals surface area (Å²) in [7, 11) is -4.27. The predicted molar refractivity (Wildman–Crippen MR) is 157 cm³/mol. The molecule has 2 aromatic carbocycles. The number of likely N-dealkylation sites (N-methyl/N-ethyl adjacent to an activating group) is 1. The Kier molecular flexibility index (Phi) is 8.88. The first-order chi connectivity index (χ1) is 20.0.